The van der Waals surface area contributed by atoms with Gasteiger partial charge in [-0.25, -0.2) is 0 Å². The van der Waals surface area contributed by atoms with Gasteiger partial charge in [-0.1, -0.05) is 40.5 Å². The van der Waals surface area contributed by atoms with E-state index >= 15 is 0 Å². The lowest BCUT2D eigenvalue weighted by Crippen LogP contribution is -2.22. The molecule has 0 heterocycles. The summed E-state index contributed by atoms with van der Waals surface area (Å²) >= 11 is 0. The van der Waals surface area contributed by atoms with Crippen molar-refractivity contribution in [3.8, 4) is 0 Å². The second-order valence-corrected chi connectivity index (χ2v) is 10.1. The van der Waals surface area contributed by atoms with Crippen LogP contribution in [0.2, 0.25) is 0 Å². The van der Waals surface area contributed by atoms with Crippen molar-refractivity contribution in [3.63, 3.8) is 0 Å². The highest BCUT2D eigenvalue weighted by Gasteiger charge is 2.32. The van der Waals surface area contributed by atoms with E-state index in [0.29, 0.717) is 19.1 Å². The van der Waals surface area contributed by atoms with Crippen LogP contribution in [0.3, 0.4) is 0 Å². The van der Waals surface area contributed by atoms with Gasteiger partial charge in [0.05, 0.1) is 13.2 Å². The Hall–Kier alpha value is 0.500. The van der Waals surface area contributed by atoms with Gasteiger partial charge < -0.3 is 13.6 Å². The summed E-state index contributed by atoms with van der Waals surface area (Å²) in [7, 11) is -2.33. The van der Waals surface area contributed by atoms with Gasteiger partial charge in [-0.05, 0) is 25.7 Å². The molecule has 0 spiro atoms. The summed E-state index contributed by atoms with van der Waals surface area (Å²) in [5.74, 6) is 0.367. The van der Waals surface area contributed by atoms with Gasteiger partial charge in [0.15, 0.2) is 0 Å². The van der Waals surface area contributed by atoms with Crippen molar-refractivity contribution < 1.29 is 18.1 Å². The lowest BCUT2D eigenvalue weighted by atomic mass is 10.4. The van der Waals surface area contributed by atoms with Gasteiger partial charge in [0, 0.05) is 20.2 Å². The summed E-state index contributed by atoms with van der Waals surface area (Å²) in [6.07, 6.45) is 5.96. The SMILES string of the molecule is CCCCOP(=O)(CP(OC)N(CCC)CCC)OCCCC. The van der Waals surface area contributed by atoms with Crippen molar-refractivity contribution in [2.45, 2.75) is 66.2 Å². The molecule has 0 rings (SSSR count). The van der Waals surface area contributed by atoms with Crippen molar-refractivity contribution in [1.29, 1.82) is 0 Å². The van der Waals surface area contributed by atoms with E-state index in [0.717, 1.165) is 51.6 Å². The van der Waals surface area contributed by atoms with Crippen LogP contribution in [0.15, 0.2) is 0 Å². The van der Waals surface area contributed by atoms with Crippen LogP contribution in [0.25, 0.3) is 0 Å². The molecule has 0 aromatic heterocycles. The van der Waals surface area contributed by atoms with Crippen LogP contribution >= 0.6 is 15.9 Å². The predicted octanol–water partition coefficient (Wildman–Crippen LogP) is 5.85. The van der Waals surface area contributed by atoms with Gasteiger partial charge in [-0.3, -0.25) is 9.24 Å². The van der Waals surface area contributed by atoms with Crippen LogP contribution in [-0.2, 0) is 18.1 Å². The lowest BCUT2D eigenvalue weighted by Gasteiger charge is -2.31. The topological polar surface area (TPSA) is 48.0 Å². The van der Waals surface area contributed by atoms with E-state index in [1.807, 2.05) is 0 Å². The summed E-state index contributed by atoms with van der Waals surface area (Å²) in [6, 6.07) is 0. The zero-order valence-electron chi connectivity index (χ0n) is 15.8. The maximum Gasteiger partial charge on any atom is 0.338 e. The third kappa shape index (κ3) is 10.9. The second-order valence-electron chi connectivity index (χ2n) is 5.61. The van der Waals surface area contributed by atoms with Gasteiger partial charge in [0.25, 0.3) is 0 Å². The van der Waals surface area contributed by atoms with Gasteiger partial charge >= 0.3 is 7.60 Å². The van der Waals surface area contributed by atoms with Crippen molar-refractivity contribution in [1.82, 2.24) is 4.67 Å². The second kappa shape index (κ2) is 14.8. The highest BCUT2D eigenvalue weighted by atomic mass is 31.2. The first-order valence-corrected chi connectivity index (χ1v) is 12.1. The molecule has 0 aromatic rings. The van der Waals surface area contributed by atoms with Gasteiger partial charge in [0.1, 0.15) is 14.2 Å². The molecule has 0 bridgehead atoms. The minimum Gasteiger partial charge on any atom is -0.346 e. The standard InChI is InChI=1S/C16H37NO4P2/c1-6-10-14-20-23(18,21-15-11-7-2)16-22(19-5)17(12-8-3)13-9-4/h6-16H2,1-5H3. The Labute approximate surface area is 144 Å². The van der Waals surface area contributed by atoms with Crippen LogP contribution in [0.5, 0.6) is 0 Å². The van der Waals surface area contributed by atoms with Crippen LogP contribution in [-0.4, -0.2) is 44.0 Å². The maximum atomic E-state index is 13.1. The van der Waals surface area contributed by atoms with E-state index in [1.165, 1.54) is 0 Å². The molecule has 0 aromatic carbocycles. The number of rotatable bonds is 16. The van der Waals surface area contributed by atoms with Crippen LogP contribution in [0.1, 0.15) is 66.2 Å². The first-order valence-electron chi connectivity index (χ1n) is 9.01. The third-order valence-electron chi connectivity index (χ3n) is 3.36. The Morgan fingerprint density at radius 3 is 1.70 bits per heavy atom. The van der Waals surface area contributed by atoms with E-state index in [2.05, 4.69) is 32.4 Å². The molecule has 7 heteroatoms. The predicted molar refractivity (Wildman–Crippen MR) is 100 cm³/mol. The Balaban J connectivity index is 4.85. The quantitative estimate of drug-likeness (QED) is 0.252. The summed E-state index contributed by atoms with van der Waals surface area (Å²) < 4.78 is 32.5. The summed E-state index contributed by atoms with van der Waals surface area (Å²) in [4.78, 5) is 0. The minimum atomic E-state index is -3.09. The molecule has 0 aliphatic carbocycles. The minimum absolute atomic E-state index is 0.367. The third-order valence-corrected chi connectivity index (χ3v) is 8.31. The summed E-state index contributed by atoms with van der Waals surface area (Å²) in [5, 5.41) is 0. The highest BCUT2D eigenvalue weighted by Crippen LogP contribution is 2.60. The van der Waals surface area contributed by atoms with E-state index in [9.17, 15) is 4.57 Å². The molecule has 5 nitrogen and oxygen atoms in total. The molecule has 0 radical (unpaired) electrons. The molecular weight excluding hydrogens is 332 g/mol. The highest BCUT2D eigenvalue weighted by molar-refractivity contribution is 7.69. The van der Waals surface area contributed by atoms with Crippen LogP contribution < -0.4 is 0 Å². The van der Waals surface area contributed by atoms with E-state index in [4.69, 9.17) is 13.6 Å². The molecular formula is C16H37NO4P2. The van der Waals surface area contributed by atoms with Crippen molar-refractivity contribution in [3.05, 3.63) is 0 Å². The lowest BCUT2D eigenvalue weighted by molar-refractivity contribution is 0.202. The average molecular weight is 369 g/mol. The average Bonchev–Trinajstić information content (AvgIpc) is 2.53. The maximum absolute atomic E-state index is 13.1. The smallest absolute Gasteiger partial charge is 0.338 e. The Bertz CT molecular complexity index is 298. The molecule has 1 unspecified atom stereocenters. The first-order chi connectivity index (χ1) is 11.1. The van der Waals surface area contributed by atoms with Gasteiger partial charge in [-0.15, -0.1) is 0 Å². The fraction of sp³-hybridized carbons (Fsp3) is 1.00. The largest absolute Gasteiger partial charge is 0.346 e. The normalized spacial score (nSPS) is 13.7. The molecule has 140 valence electrons. The van der Waals surface area contributed by atoms with E-state index in [-0.39, 0.29) is 0 Å². The molecule has 23 heavy (non-hydrogen) atoms. The van der Waals surface area contributed by atoms with Crippen LogP contribution in [0.4, 0.5) is 0 Å². The monoisotopic (exact) mass is 369 g/mol. The summed E-state index contributed by atoms with van der Waals surface area (Å²) in [5.41, 5.74) is 0. The fourth-order valence-electron chi connectivity index (χ4n) is 2.08. The number of hydrogen-bond acceptors (Lipinski definition) is 5. The summed E-state index contributed by atoms with van der Waals surface area (Å²) in [6.45, 7) is 11.4. The molecule has 0 saturated heterocycles. The molecule has 1 atom stereocenters. The molecule has 0 saturated carbocycles. The fourth-order valence-corrected chi connectivity index (χ4v) is 7.06. The molecule has 0 N–H and O–H groups in total. The van der Waals surface area contributed by atoms with E-state index < -0.39 is 15.9 Å². The first kappa shape index (κ1) is 23.5. The molecule has 0 aliphatic heterocycles. The zero-order chi connectivity index (χ0) is 17.6. The number of unbranched alkanes of at least 4 members (excludes halogenated alkanes) is 2. The van der Waals surface area contributed by atoms with Crippen molar-refractivity contribution >= 4 is 15.9 Å². The number of nitrogens with zero attached hydrogens (tertiary/aromatic N) is 1. The Kier molecular flexibility index (Phi) is 15.1. The van der Waals surface area contributed by atoms with Crippen LogP contribution in [0, 0.1) is 0 Å². The number of hydrogen-bond donors (Lipinski definition) is 0. The van der Waals surface area contributed by atoms with Gasteiger partial charge in [0.2, 0.25) is 0 Å². The Morgan fingerprint density at radius 1 is 0.870 bits per heavy atom. The molecule has 0 amide bonds. The zero-order valence-corrected chi connectivity index (χ0v) is 17.5. The van der Waals surface area contributed by atoms with E-state index in [1.54, 1.807) is 7.11 Å². The molecule has 0 fully saturated rings. The molecule has 0 aliphatic rings. The Morgan fingerprint density at radius 2 is 1.35 bits per heavy atom. The van der Waals surface area contributed by atoms with Crippen molar-refractivity contribution in [2.24, 2.45) is 0 Å². The van der Waals surface area contributed by atoms with Crippen molar-refractivity contribution in [2.75, 3.05) is 39.3 Å². The van der Waals surface area contributed by atoms with Gasteiger partial charge in [-0.2, -0.15) is 0 Å².